The zero-order chi connectivity index (χ0) is 20.1. The maximum atomic E-state index is 13.2. The van der Waals surface area contributed by atoms with Gasteiger partial charge in [-0.1, -0.05) is 31.4 Å². The number of rotatable bonds is 6. The Hall–Kier alpha value is -2.02. The van der Waals surface area contributed by atoms with Crippen LogP contribution in [0.15, 0.2) is 29.2 Å². The molecule has 1 heterocycles. The second-order valence-corrected chi connectivity index (χ2v) is 8.42. The van der Waals surface area contributed by atoms with Crippen LogP contribution in [0.4, 0.5) is 5.69 Å². The van der Waals surface area contributed by atoms with Gasteiger partial charge >= 0.3 is 0 Å². The number of anilines is 1. The number of para-hydroxylation sites is 1. The number of nitrogens with one attached hydrogen (secondary N) is 1. The third kappa shape index (κ3) is 4.19. The number of amides is 3. The van der Waals surface area contributed by atoms with Crippen LogP contribution in [-0.2, 0) is 14.4 Å². The first kappa shape index (κ1) is 20.7. The van der Waals surface area contributed by atoms with Gasteiger partial charge in [0, 0.05) is 18.0 Å². The van der Waals surface area contributed by atoms with Crippen molar-refractivity contribution in [3.05, 3.63) is 24.3 Å². The Morgan fingerprint density at radius 2 is 1.82 bits per heavy atom. The number of fused-ring (bicyclic) bond motifs is 1. The van der Waals surface area contributed by atoms with Crippen molar-refractivity contribution in [2.45, 2.75) is 56.4 Å². The molecule has 6 nitrogen and oxygen atoms in total. The summed E-state index contributed by atoms with van der Waals surface area (Å²) in [5.74, 6) is -0.0103. The van der Waals surface area contributed by atoms with E-state index in [0.29, 0.717) is 31.7 Å². The molecule has 3 amide bonds. The summed E-state index contributed by atoms with van der Waals surface area (Å²) < 4.78 is 0. The van der Waals surface area contributed by atoms with Gasteiger partial charge < -0.3 is 15.1 Å². The molecule has 3 rings (SSSR count). The highest BCUT2D eigenvalue weighted by molar-refractivity contribution is 8.00. The Morgan fingerprint density at radius 3 is 2.50 bits per heavy atom. The fourth-order valence-electron chi connectivity index (χ4n) is 4.14. The van der Waals surface area contributed by atoms with Gasteiger partial charge in [-0.2, -0.15) is 0 Å². The van der Waals surface area contributed by atoms with Crippen molar-refractivity contribution in [2.75, 3.05) is 30.3 Å². The summed E-state index contributed by atoms with van der Waals surface area (Å²) in [6, 6.07) is 7.63. The van der Waals surface area contributed by atoms with Gasteiger partial charge in [-0.25, -0.2) is 0 Å². The van der Waals surface area contributed by atoms with Gasteiger partial charge in [0.15, 0.2) is 0 Å². The van der Waals surface area contributed by atoms with Gasteiger partial charge in [0.1, 0.15) is 12.1 Å². The van der Waals surface area contributed by atoms with Gasteiger partial charge in [-0.05, 0) is 38.8 Å². The van der Waals surface area contributed by atoms with E-state index in [1.165, 1.54) is 11.8 Å². The molecule has 0 spiro atoms. The number of carbonyl (C=O) groups is 3. The van der Waals surface area contributed by atoms with Crippen molar-refractivity contribution >= 4 is 35.2 Å². The van der Waals surface area contributed by atoms with Crippen LogP contribution in [0.3, 0.4) is 0 Å². The van der Waals surface area contributed by atoms with E-state index in [4.69, 9.17) is 0 Å². The zero-order valence-electron chi connectivity index (χ0n) is 16.7. The summed E-state index contributed by atoms with van der Waals surface area (Å²) in [6.07, 6.45) is 4.26. The van der Waals surface area contributed by atoms with E-state index in [9.17, 15) is 14.4 Å². The van der Waals surface area contributed by atoms with Crippen LogP contribution < -0.4 is 10.2 Å². The van der Waals surface area contributed by atoms with Crippen molar-refractivity contribution in [1.29, 1.82) is 0 Å². The molecule has 0 atom stereocenters. The van der Waals surface area contributed by atoms with Crippen LogP contribution in [0, 0.1) is 0 Å². The van der Waals surface area contributed by atoms with Crippen LogP contribution >= 0.6 is 11.8 Å². The average Bonchev–Trinajstić information content (AvgIpc) is 2.71. The summed E-state index contributed by atoms with van der Waals surface area (Å²) in [6.45, 7) is 5.12. The highest BCUT2D eigenvalue weighted by Crippen LogP contribution is 2.35. The lowest BCUT2D eigenvalue weighted by Gasteiger charge is -2.40. The summed E-state index contributed by atoms with van der Waals surface area (Å²) in [4.78, 5) is 42.9. The molecule has 0 aromatic heterocycles. The first-order valence-corrected chi connectivity index (χ1v) is 11.1. The number of hydrogen-bond acceptors (Lipinski definition) is 4. The highest BCUT2D eigenvalue weighted by Gasteiger charge is 2.43. The lowest BCUT2D eigenvalue weighted by molar-refractivity contribution is -0.143. The largest absolute Gasteiger partial charge is 0.341 e. The van der Waals surface area contributed by atoms with E-state index in [0.717, 1.165) is 29.8 Å². The van der Waals surface area contributed by atoms with Gasteiger partial charge in [0.05, 0.1) is 11.4 Å². The third-order valence-electron chi connectivity index (χ3n) is 5.66. The fourth-order valence-corrected chi connectivity index (χ4v) is 5.07. The molecule has 1 fully saturated rings. The van der Waals surface area contributed by atoms with Crippen LogP contribution in [0.5, 0.6) is 0 Å². The Balaban J connectivity index is 1.78. The predicted molar refractivity (Wildman–Crippen MR) is 111 cm³/mol. The summed E-state index contributed by atoms with van der Waals surface area (Å²) >= 11 is 1.49. The van der Waals surface area contributed by atoms with Gasteiger partial charge in [0.2, 0.25) is 17.7 Å². The van der Waals surface area contributed by atoms with Crippen LogP contribution in [-0.4, -0.2) is 53.5 Å². The molecule has 1 aliphatic heterocycles. The molecular weight excluding hydrogens is 374 g/mol. The van der Waals surface area contributed by atoms with E-state index in [1.807, 2.05) is 38.1 Å². The van der Waals surface area contributed by atoms with E-state index >= 15 is 0 Å². The van der Waals surface area contributed by atoms with Crippen LogP contribution in [0.2, 0.25) is 0 Å². The van der Waals surface area contributed by atoms with Crippen LogP contribution in [0.1, 0.15) is 46.0 Å². The number of hydrogen-bond donors (Lipinski definition) is 1. The smallest absolute Gasteiger partial charge is 0.248 e. The molecular formula is C21H29N3O3S. The minimum atomic E-state index is -0.839. The number of likely N-dealkylation sites (N-methyl/N-ethyl adjacent to an activating group) is 1. The van der Waals surface area contributed by atoms with E-state index in [-0.39, 0.29) is 24.3 Å². The maximum Gasteiger partial charge on any atom is 0.248 e. The molecule has 0 saturated heterocycles. The molecule has 1 aromatic rings. The molecule has 2 aliphatic rings. The molecule has 7 heteroatoms. The highest BCUT2D eigenvalue weighted by atomic mass is 32.2. The zero-order valence-corrected chi connectivity index (χ0v) is 17.5. The topological polar surface area (TPSA) is 69.7 Å². The molecule has 28 heavy (non-hydrogen) atoms. The molecule has 1 aliphatic carbocycles. The first-order valence-electron chi connectivity index (χ1n) is 10.1. The third-order valence-corrected chi connectivity index (χ3v) is 6.70. The lowest BCUT2D eigenvalue weighted by atomic mass is 9.80. The Bertz CT molecular complexity index is 742. The maximum absolute atomic E-state index is 13.2. The molecule has 0 unspecified atom stereocenters. The minimum absolute atomic E-state index is 0.00600. The number of thioether (sulfide) groups is 1. The average molecular weight is 404 g/mol. The second-order valence-electron chi connectivity index (χ2n) is 7.40. The standard InChI is InChI=1S/C21H29N3O3S/c1-3-23(4-2)20(27)21(12-8-5-9-13-21)22-18(25)14-24-16-10-6-7-11-17(16)28-15-19(24)26/h6-7,10-11H,3-5,8-9,12-15H2,1-2H3,(H,22,25). The lowest BCUT2D eigenvalue weighted by Crippen LogP contribution is -2.62. The molecule has 0 radical (unpaired) electrons. The van der Waals surface area contributed by atoms with Gasteiger partial charge in [-0.15, -0.1) is 11.8 Å². The normalized spacial score (nSPS) is 18.4. The van der Waals surface area contributed by atoms with E-state index in [1.54, 1.807) is 9.80 Å². The minimum Gasteiger partial charge on any atom is -0.341 e. The van der Waals surface area contributed by atoms with E-state index < -0.39 is 5.54 Å². The number of benzene rings is 1. The summed E-state index contributed by atoms with van der Waals surface area (Å²) in [7, 11) is 0. The Labute approximate surface area is 171 Å². The Morgan fingerprint density at radius 1 is 1.14 bits per heavy atom. The van der Waals surface area contributed by atoms with E-state index in [2.05, 4.69) is 5.32 Å². The molecule has 0 bridgehead atoms. The van der Waals surface area contributed by atoms with Crippen molar-refractivity contribution in [1.82, 2.24) is 10.2 Å². The monoisotopic (exact) mass is 403 g/mol. The fraction of sp³-hybridized carbons (Fsp3) is 0.571. The van der Waals surface area contributed by atoms with Gasteiger partial charge in [-0.3, -0.25) is 14.4 Å². The quantitative estimate of drug-likeness (QED) is 0.793. The summed E-state index contributed by atoms with van der Waals surface area (Å²) in [5.41, 5.74) is -0.0688. The second kappa shape index (κ2) is 8.99. The van der Waals surface area contributed by atoms with Crippen molar-refractivity contribution in [3.8, 4) is 0 Å². The van der Waals surface area contributed by atoms with Gasteiger partial charge in [0.25, 0.3) is 0 Å². The first-order chi connectivity index (χ1) is 13.5. The number of nitrogens with zero attached hydrogens (tertiary/aromatic N) is 2. The molecule has 1 N–H and O–H groups in total. The SMILES string of the molecule is CCN(CC)C(=O)C1(NC(=O)CN2C(=O)CSc3ccccc32)CCCCC1. The summed E-state index contributed by atoms with van der Waals surface area (Å²) in [5, 5.41) is 3.05. The number of carbonyl (C=O) groups excluding carboxylic acids is 3. The predicted octanol–water partition coefficient (Wildman–Crippen LogP) is 2.81. The molecule has 1 aromatic carbocycles. The van der Waals surface area contributed by atoms with Crippen molar-refractivity contribution in [2.24, 2.45) is 0 Å². The Kier molecular flexibility index (Phi) is 6.65. The molecule has 152 valence electrons. The van der Waals surface area contributed by atoms with Crippen molar-refractivity contribution in [3.63, 3.8) is 0 Å². The van der Waals surface area contributed by atoms with Crippen LogP contribution in [0.25, 0.3) is 0 Å². The molecule has 1 saturated carbocycles. The van der Waals surface area contributed by atoms with Crippen molar-refractivity contribution < 1.29 is 14.4 Å².